The van der Waals surface area contributed by atoms with E-state index in [4.69, 9.17) is 0 Å². The zero-order valence-corrected chi connectivity index (χ0v) is 14.9. The molecule has 0 radical (unpaired) electrons. The number of carbonyl (C=O) groups excluding carboxylic acids is 1. The number of urea groups is 1. The maximum absolute atomic E-state index is 12.8. The van der Waals surface area contributed by atoms with Crippen LogP contribution in [-0.4, -0.2) is 12.1 Å². The van der Waals surface area contributed by atoms with Gasteiger partial charge in [-0.1, -0.05) is 22.4 Å². The molecular formula is C17H20BrF3N2O. The summed E-state index contributed by atoms with van der Waals surface area (Å²) in [6, 6.07) is 2.78. The fourth-order valence-corrected chi connectivity index (χ4v) is 4.32. The van der Waals surface area contributed by atoms with Crippen molar-refractivity contribution in [3.8, 4) is 0 Å². The Bertz CT molecular complexity index is 635. The van der Waals surface area contributed by atoms with Gasteiger partial charge in [-0.25, -0.2) is 4.79 Å². The topological polar surface area (TPSA) is 41.1 Å². The Kier molecular flexibility index (Phi) is 4.57. The SMILES string of the molecule is C[C@@H](NC(=O)NC1CC2(CCC2)C1)c1cc(C(F)(F)F)ccc1Br. The lowest BCUT2D eigenvalue weighted by atomic mass is 9.54. The number of rotatable bonds is 3. The average molecular weight is 405 g/mol. The molecule has 2 N–H and O–H groups in total. The Morgan fingerprint density at radius 2 is 2.00 bits per heavy atom. The normalized spacial score (nSPS) is 20.9. The van der Waals surface area contributed by atoms with Gasteiger partial charge in [-0.05, 0) is 61.8 Å². The molecule has 132 valence electrons. The Morgan fingerprint density at radius 3 is 2.54 bits per heavy atom. The van der Waals surface area contributed by atoms with Gasteiger partial charge in [-0.2, -0.15) is 13.2 Å². The van der Waals surface area contributed by atoms with Crippen molar-refractivity contribution in [2.75, 3.05) is 0 Å². The van der Waals surface area contributed by atoms with E-state index in [0.29, 0.717) is 15.5 Å². The predicted molar refractivity (Wildman–Crippen MR) is 88.5 cm³/mol. The molecule has 0 unspecified atom stereocenters. The quantitative estimate of drug-likeness (QED) is 0.717. The molecule has 3 nitrogen and oxygen atoms in total. The molecule has 0 heterocycles. The van der Waals surface area contributed by atoms with Crippen molar-refractivity contribution < 1.29 is 18.0 Å². The lowest BCUT2D eigenvalue weighted by Gasteiger charge is -2.54. The van der Waals surface area contributed by atoms with Gasteiger partial charge in [-0.3, -0.25) is 0 Å². The number of alkyl halides is 3. The van der Waals surface area contributed by atoms with Gasteiger partial charge in [0.05, 0.1) is 11.6 Å². The van der Waals surface area contributed by atoms with Gasteiger partial charge >= 0.3 is 12.2 Å². The number of hydrogen-bond acceptors (Lipinski definition) is 1. The minimum absolute atomic E-state index is 0.183. The molecule has 7 heteroatoms. The van der Waals surface area contributed by atoms with Gasteiger partial charge in [0.15, 0.2) is 0 Å². The van der Waals surface area contributed by atoms with Gasteiger partial charge in [0.25, 0.3) is 0 Å². The molecule has 0 aliphatic heterocycles. The van der Waals surface area contributed by atoms with Crippen LogP contribution in [-0.2, 0) is 6.18 Å². The Balaban J connectivity index is 1.58. The Hall–Kier alpha value is -1.24. The van der Waals surface area contributed by atoms with Crippen LogP contribution in [0, 0.1) is 5.41 Å². The highest BCUT2D eigenvalue weighted by molar-refractivity contribution is 9.10. The van der Waals surface area contributed by atoms with E-state index >= 15 is 0 Å². The van der Waals surface area contributed by atoms with E-state index < -0.39 is 17.8 Å². The van der Waals surface area contributed by atoms with Crippen LogP contribution >= 0.6 is 15.9 Å². The molecule has 0 aromatic heterocycles. The van der Waals surface area contributed by atoms with Crippen molar-refractivity contribution in [1.29, 1.82) is 0 Å². The highest BCUT2D eigenvalue weighted by atomic mass is 79.9. The van der Waals surface area contributed by atoms with Crippen LogP contribution in [0.1, 0.15) is 56.2 Å². The van der Waals surface area contributed by atoms with Crippen LogP contribution in [0.3, 0.4) is 0 Å². The van der Waals surface area contributed by atoms with Gasteiger partial charge < -0.3 is 10.6 Å². The van der Waals surface area contributed by atoms with Crippen LogP contribution in [0.5, 0.6) is 0 Å². The van der Waals surface area contributed by atoms with Gasteiger partial charge in [0.2, 0.25) is 0 Å². The van der Waals surface area contributed by atoms with E-state index in [1.54, 1.807) is 6.92 Å². The summed E-state index contributed by atoms with van der Waals surface area (Å²) in [7, 11) is 0. The van der Waals surface area contributed by atoms with Crippen LogP contribution in [0.2, 0.25) is 0 Å². The molecule has 1 atom stereocenters. The van der Waals surface area contributed by atoms with Gasteiger partial charge in [0, 0.05) is 10.5 Å². The average Bonchev–Trinajstić information content (AvgIpc) is 2.39. The predicted octanol–water partition coefficient (Wildman–Crippen LogP) is 5.16. The standard InChI is InChI=1S/C17H20BrF3N2O/c1-10(13-7-11(17(19,20)21)3-4-14(13)18)22-15(24)23-12-8-16(9-12)5-2-6-16/h3-4,7,10,12H,2,5-6,8-9H2,1H3,(H2,22,23,24)/t10-/m1/s1. The molecule has 24 heavy (non-hydrogen) atoms. The number of benzene rings is 1. The third kappa shape index (κ3) is 3.55. The molecule has 1 aromatic rings. The van der Waals surface area contributed by atoms with Crippen LogP contribution < -0.4 is 10.6 Å². The first-order valence-corrected chi connectivity index (χ1v) is 8.92. The first kappa shape index (κ1) is 17.6. The van der Waals surface area contributed by atoms with E-state index in [0.717, 1.165) is 25.0 Å². The fourth-order valence-electron chi connectivity index (χ4n) is 3.73. The summed E-state index contributed by atoms with van der Waals surface area (Å²) < 4.78 is 39.1. The summed E-state index contributed by atoms with van der Waals surface area (Å²) in [5.74, 6) is 0. The van der Waals surface area contributed by atoms with Gasteiger partial charge in [-0.15, -0.1) is 0 Å². The lowest BCUT2D eigenvalue weighted by molar-refractivity contribution is -0.137. The van der Waals surface area contributed by atoms with Crippen molar-refractivity contribution in [2.45, 2.75) is 57.3 Å². The van der Waals surface area contributed by atoms with Crippen molar-refractivity contribution in [1.82, 2.24) is 10.6 Å². The van der Waals surface area contributed by atoms with Crippen molar-refractivity contribution in [2.24, 2.45) is 5.41 Å². The number of amides is 2. The van der Waals surface area contributed by atoms with E-state index in [1.807, 2.05) is 0 Å². The summed E-state index contributed by atoms with van der Waals surface area (Å²) in [5, 5.41) is 5.65. The zero-order chi connectivity index (χ0) is 17.5. The highest BCUT2D eigenvalue weighted by Gasteiger charge is 2.48. The molecule has 0 saturated heterocycles. The minimum Gasteiger partial charge on any atom is -0.335 e. The summed E-state index contributed by atoms with van der Waals surface area (Å²) in [6.07, 6.45) is 1.41. The summed E-state index contributed by atoms with van der Waals surface area (Å²) in [6.45, 7) is 1.67. The third-order valence-electron chi connectivity index (χ3n) is 5.25. The minimum atomic E-state index is -4.40. The molecule has 2 saturated carbocycles. The molecular weight excluding hydrogens is 385 g/mol. The lowest BCUT2D eigenvalue weighted by Crippen LogP contribution is -2.55. The number of nitrogens with one attached hydrogen (secondary N) is 2. The molecule has 2 aliphatic carbocycles. The Labute approximate surface area is 147 Å². The van der Waals surface area contributed by atoms with Crippen LogP contribution in [0.25, 0.3) is 0 Å². The second-order valence-electron chi connectivity index (χ2n) is 7.03. The number of carbonyl (C=O) groups is 1. The van der Waals surface area contributed by atoms with Crippen molar-refractivity contribution >= 4 is 22.0 Å². The molecule has 3 rings (SSSR count). The largest absolute Gasteiger partial charge is 0.416 e. The number of halogens is 4. The zero-order valence-electron chi connectivity index (χ0n) is 13.3. The van der Waals surface area contributed by atoms with Crippen molar-refractivity contribution in [3.05, 3.63) is 33.8 Å². The molecule has 1 aromatic carbocycles. The third-order valence-corrected chi connectivity index (χ3v) is 5.97. The molecule has 1 spiro atoms. The van der Waals surface area contributed by atoms with Crippen LogP contribution in [0.4, 0.5) is 18.0 Å². The second kappa shape index (κ2) is 6.24. The highest BCUT2D eigenvalue weighted by Crippen LogP contribution is 2.55. The maximum Gasteiger partial charge on any atom is 0.416 e. The van der Waals surface area contributed by atoms with Gasteiger partial charge in [0.1, 0.15) is 0 Å². The van der Waals surface area contributed by atoms with E-state index in [-0.39, 0.29) is 12.1 Å². The molecule has 2 fully saturated rings. The monoisotopic (exact) mass is 404 g/mol. The van der Waals surface area contributed by atoms with Crippen molar-refractivity contribution in [3.63, 3.8) is 0 Å². The second-order valence-corrected chi connectivity index (χ2v) is 7.89. The van der Waals surface area contributed by atoms with Crippen LogP contribution in [0.15, 0.2) is 22.7 Å². The molecule has 2 aliphatic rings. The summed E-state index contributed by atoms with van der Waals surface area (Å²) >= 11 is 3.26. The van der Waals surface area contributed by atoms with E-state index in [2.05, 4.69) is 26.6 Å². The van der Waals surface area contributed by atoms with E-state index in [1.165, 1.54) is 25.3 Å². The Morgan fingerprint density at radius 1 is 1.33 bits per heavy atom. The van der Waals surface area contributed by atoms with E-state index in [9.17, 15) is 18.0 Å². The molecule has 2 amide bonds. The first-order chi connectivity index (χ1) is 11.2. The summed E-state index contributed by atoms with van der Waals surface area (Å²) in [4.78, 5) is 12.1. The summed E-state index contributed by atoms with van der Waals surface area (Å²) in [5.41, 5.74) is 0.151. The molecule has 0 bridgehead atoms. The fraction of sp³-hybridized carbons (Fsp3) is 0.588. The number of hydrogen-bond donors (Lipinski definition) is 2. The maximum atomic E-state index is 12.8. The smallest absolute Gasteiger partial charge is 0.335 e. The first-order valence-electron chi connectivity index (χ1n) is 8.12.